The van der Waals surface area contributed by atoms with Crippen molar-refractivity contribution < 1.29 is 28.5 Å². The molecule has 1 heterocycles. The summed E-state index contributed by atoms with van der Waals surface area (Å²) in [5, 5.41) is 11.6. The Balaban J connectivity index is 1.46. The largest absolute Gasteiger partial charge is 0.486 e. The SMILES string of the molecule is C[C@H](Oc1ccc(C#N)cc1)C(=O)OCC(=O)N[C@@H](C)c1ccc2c(c1)OCCO2. The molecule has 0 unspecified atom stereocenters. The first-order valence-corrected chi connectivity index (χ1v) is 9.48. The zero-order chi connectivity index (χ0) is 21.5. The molecule has 0 fully saturated rings. The molecule has 2 atom stereocenters. The number of fused-ring (bicyclic) bond motifs is 1. The normalized spacial score (nSPS) is 14.0. The second-order valence-electron chi connectivity index (χ2n) is 6.70. The molecule has 8 nitrogen and oxygen atoms in total. The summed E-state index contributed by atoms with van der Waals surface area (Å²) in [6.45, 7) is 3.92. The van der Waals surface area contributed by atoms with Gasteiger partial charge in [-0.3, -0.25) is 4.79 Å². The summed E-state index contributed by atoms with van der Waals surface area (Å²) < 4.78 is 21.5. The van der Waals surface area contributed by atoms with Crippen LogP contribution in [0.15, 0.2) is 42.5 Å². The lowest BCUT2D eigenvalue weighted by atomic mass is 10.1. The van der Waals surface area contributed by atoms with E-state index in [1.54, 1.807) is 30.3 Å². The fraction of sp³-hybridized carbons (Fsp3) is 0.318. The van der Waals surface area contributed by atoms with Crippen LogP contribution in [0.3, 0.4) is 0 Å². The number of carbonyl (C=O) groups excluding carboxylic acids is 2. The van der Waals surface area contributed by atoms with Gasteiger partial charge in [-0.15, -0.1) is 0 Å². The van der Waals surface area contributed by atoms with Crippen molar-refractivity contribution in [2.24, 2.45) is 0 Å². The molecule has 1 aliphatic rings. The topological polar surface area (TPSA) is 107 Å². The Kier molecular flexibility index (Phi) is 6.75. The van der Waals surface area contributed by atoms with E-state index in [0.29, 0.717) is 36.0 Å². The van der Waals surface area contributed by atoms with Crippen LogP contribution >= 0.6 is 0 Å². The van der Waals surface area contributed by atoms with Gasteiger partial charge in [-0.2, -0.15) is 5.26 Å². The van der Waals surface area contributed by atoms with E-state index >= 15 is 0 Å². The Morgan fingerprint density at radius 2 is 1.80 bits per heavy atom. The minimum atomic E-state index is -0.902. The molecule has 156 valence electrons. The molecule has 30 heavy (non-hydrogen) atoms. The van der Waals surface area contributed by atoms with Crippen LogP contribution in [-0.2, 0) is 14.3 Å². The van der Waals surface area contributed by atoms with Gasteiger partial charge in [0.05, 0.1) is 17.7 Å². The van der Waals surface area contributed by atoms with Crippen LogP contribution in [0.1, 0.15) is 31.0 Å². The number of esters is 1. The number of rotatable bonds is 7. The zero-order valence-electron chi connectivity index (χ0n) is 16.7. The molecule has 1 amide bonds. The van der Waals surface area contributed by atoms with Crippen LogP contribution in [0.25, 0.3) is 0 Å². The number of nitrogens with one attached hydrogen (secondary N) is 1. The Morgan fingerprint density at radius 3 is 2.50 bits per heavy atom. The van der Waals surface area contributed by atoms with Gasteiger partial charge in [-0.1, -0.05) is 6.07 Å². The van der Waals surface area contributed by atoms with Gasteiger partial charge in [0.2, 0.25) is 0 Å². The van der Waals surface area contributed by atoms with Crippen LogP contribution < -0.4 is 19.5 Å². The van der Waals surface area contributed by atoms with Crippen molar-refractivity contribution >= 4 is 11.9 Å². The Hall–Kier alpha value is -3.73. The Labute approximate surface area is 174 Å². The van der Waals surface area contributed by atoms with Gasteiger partial charge in [0.1, 0.15) is 19.0 Å². The highest BCUT2D eigenvalue weighted by molar-refractivity contribution is 5.82. The average molecular weight is 410 g/mol. The van der Waals surface area contributed by atoms with E-state index in [-0.39, 0.29) is 6.04 Å². The zero-order valence-corrected chi connectivity index (χ0v) is 16.7. The van der Waals surface area contributed by atoms with Crippen molar-refractivity contribution in [1.82, 2.24) is 5.32 Å². The molecule has 0 aromatic heterocycles. The third-order valence-electron chi connectivity index (χ3n) is 4.42. The van der Waals surface area contributed by atoms with Crippen molar-refractivity contribution in [2.45, 2.75) is 26.0 Å². The van der Waals surface area contributed by atoms with Gasteiger partial charge >= 0.3 is 5.97 Å². The second kappa shape index (κ2) is 9.65. The minimum Gasteiger partial charge on any atom is -0.486 e. The maximum atomic E-state index is 12.2. The van der Waals surface area contributed by atoms with Crippen LogP contribution in [0, 0.1) is 11.3 Å². The number of nitrogens with zero attached hydrogens (tertiary/aromatic N) is 1. The summed E-state index contributed by atoms with van der Waals surface area (Å²) >= 11 is 0. The summed E-state index contributed by atoms with van der Waals surface area (Å²) in [6, 6.07) is 13.5. The molecule has 0 aliphatic carbocycles. The van der Waals surface area contributed by atoms with Crippen molar-refractivity contribution in [3.63, 3.8) is 0 Å². The smallest absolute Gasteiger partial charge is 0.347 e. The molecule has 0 saturated carbocycles. The number of hydrogen-bond donors (Lipinski definition) is 1. The molecule has 3 rings (SSSR count). The highest BCUT2D eigenvalue weighted by atomic mass is 16.6. The molecule has 2 aromatic carbocycles. The number of benzene rings is 2. The summed E-state index contributed by atoms with van der Waals surface area (Å²) in [7, 11) is 0. The quantitative estimate of drug-likeness (QED) is 0.699. The highest BCUT2D eigenvalue weighted by Gasteiger charge is 2.20. The highest BCUT2D eigenvalue weighted by Crippen LogP contribution is 2.32. The third kappa shape index (κ3) is 5.41. The standard InChI is InChI=1S/C22H22N2O6/c1-14(17-5-8-19-20(11-17)28-10-9-27-19)24-21(25)13-29-22(26)15(2)30-18-6-3-16(12-23)4-7-18/h3-8,11,14-15H,9-10,13H2,1-2H3,(H,24,25)/t14-,15-/m0/s1. The summed E-state index contributed by atoms with van der Waals surface area (Å²) in [5.74, 6) is 0.640. The monoisotopic (exact) mass is 410 g/mol. The number of nitriles is 1. The summed E-state index contributed by atoms with van der Waals surface area (Å²) in [6.07, 6.45) is -0.902. The molecule has 0 saturated heterocycles. The van der Waals surface area contributed by atoms with Crippen LogP contribution in [-0.4, -0.2) is 37.8 Å². The van der Waals surface area contributed by atoms with Crippen LogP contribution in [0.2, 0.25) is 0 Å². The van der Waals surface area contributed by atoms with E-state index in [1.165, 1.54) is 6.92 Å². The maximum absolute atomic E-state index is 12.2. The number of ether oxygens (including phenoxy) is 4. The van der Waals surface area contributed by atoms with E-state index in [0.717, 1.165) is 5.56 Å². The molecule has 1 aliphatic heterocycles. The molecule has 8 heteroatoms. The van der Waals surface area contributed by atoms with Crippen molar-refractivity contribution in [2.75, 3.05) is 19.8 Å². The second-order valence-corrected chi connectivity index (χ2v) is 6.70. The predicted octanol–water partition coefficient (Wildman–Crippen LogP) is 2.52. The van der Waals surface area contributed by atoms with Gasteiger partial charge in [0, 0.05) is 0 Å². The Bertz CT molecular complexity index is 951. The molecule has 1 N–H and O–H groups in total. The van der Waals surface area contributed by atoms with E-state index < -0.39 is 24.6 Å². The minimum absolute atomic E-state index is 0.306. The van der Waals surface area contributed by atoms with Gasteiger partial charge in [0.25, 0.3) is 5.91 Å². The summed E-state index contributed by atoms with van der Waals surface area (Å²) in [4.78, 5) is 24.2. The predicted molar refractivity (Wildman–Crippen MR) is 106 cm³/mol. The Morgan fingerprint density at radius 1 is 1.10 bits per heavy atom. The van der Waals surface area contributed by atoms with Crippen LogP contribution in [0.4, 0.5) is 0 Å². The lowest BCUT2D eigenvalue weighted by Gasteiger charge is -2.21. The molecule has 0 bridgehead atoms. The fourth-order valence-electron chi connectivity index (χ4n) is 2.81. The first kappa shape index (κ1) is 21.0. The van der Waals surface area contributed by atoms with E-state index in [2.05, 4.69) is 5.32 Å². The van der Waals surface area contributed by atoms with Crippen molar-refractivity contribution in [3.8, 4) is 23.3 Å². The fourth-order valence-corrected chi connectivity index (χ4v) is 2.81. The number of amides is 1. The molecule has 0 spiro atoms. The maximum Gasteiger partial charge on any atom is 0.347 e. The van der Waals surface area contributed by atoms with Crippen molar-refractivity contribution in [1.29, 1.82) is 5.26 Å². The first-order valence-electron chi connectivity index (χ1n) is 9.48. The first-order chi connectivity index (χ1) is 14.5. The lowest BCUT2D eigenvalue weighted by molar-refractivity contribution is -0.154. The van der Waals surface area contributed by atoms with E-state index in [9.17, 15) is 9.59 Å². The average Bonchev–Trinajstić information content (AvgIpc) is 2.77. The van der Waals surface area contributed by atoms with Gasteiger partial charge in [-0.05, 0) is 55.8 Å². The third-order valence-corrected chi connectivity index (χ3v) is 4.42. The van der Waals surface area contributed by atoms with Gasteiger partial charge in [0.15, 0.2) is 24.2 Å². The molecule has 0 radical (unpaired) electrons. The lowest BCUT2D eigenvalue weighted by Crippen LogP contribution is -2.34. The number of carbonyl (C=O) groups is 2. The van der Waals surface area contributed by atoms with Gasteiger partial charge in [-0.25, -0.2) is 4.79 Å². The van der Waals surface area contributed by atoms with E-state index in [1.807, 2.05) is 25.1 Å². The molecular weight excluding hydrogens is 388 g/mol. The van der Waals surface area contributed by atoms with Crippen molar-refractivity contribution in [3.05, 3.63) is 53.6 Å². The number of hydrogen-bond acceptors (Lipinski definition) is 7. The van der Waals surface area contributed by atoms with Crippen LogP contribution in [0.5, 0.6) is 17.2 Å². The molecule has 2 aromatic rings. The van der Waals surface area contributed by atoms with Gasteiger partial charge < -0.3 is 24.3 Å². The summed E-state index contributed by atoms with van der Waals surface area (Å²) in [5.41, 5.74) is 1.33. The van der Waals surface area contributed by atoms with E-state index in [4.69, 9.17) is 24.2 Å². The molecular formula is C22H22N2O6.